The van der Waals surface area contributed by atoms with Crippen molar-refractivity contribution < 1.29 is 5.11 Å². The number of nitrogens with zero attached hydrogens (tertiary/aromatic N) is 1. The van der Waals surface area contributed by atoms with Crippen LogP contribution in [0.1, 0.15) is 13.8 Å². The van der Waals surface area contributed by atoms with Crippen molar-refractivity contribution in [2.75, 3.05) is 37.5 Å². The summed E-state index contributed by atoms with van der Waals surface area (Å²) in [6, 6.07) is 6.15. The molecule has 96 valence electrons. The van der Waals surface area contributed by atoms with Crippen molar-refractivity contribution in [1.29, 1.82) is 0 Å². The van der Waals surface area contributed by atoms with Gasteiger partial charge in [0.2, 0.25) is 0 Å². The van der Waals surface area contributed by atoms with E-state index in [-0.39, 0.29) is 12.0 Å². The van der Waals surface area contributed by atoms with Gasteiger partial charge in [-0.05, 0) is 18.2 Å². The first kappa shape index (κ1) is 14.3. The van der Waals surface area contributed by atoms with E-state index in [1.54, 1.807) is 0 Å². The van der Waals surface area contributed by atoms with Gasteiger partial charge in [0.1, 0.15) is 0 Å². The Morgan fingerprint density at radius 2 is 2.00 bits per heavy atom. The van der Waals surface area contributed by atoms with E-state index in [1.165, 1.54) is 0 Å². The van der Waals surface area contributed by atoms with Gasteiger partial charge in [0, 0.05) is 37.1 Å². The van der Waals surface area contributed by atoms with Crippen LogP contribution in [-0.2, 0) is 0 Å². The standard InChI is InChI=1S/C13H21BrN2O/c1-13(2,9-17)8-15-11-7-10(14)5-6-12(11)16(3)4/h5-7,15,17H,8-9H2,1-4H3. The SMILES string of the molecule is CN(C)c1ccc(Br)cc1NCC(C)(C)CO. The molecule has 0 atom stereocenters. The highest BCUT2D eigenvalue weighted by Gasteiger charge is 2.17. The van der Waals surface area contributed by atoms with Crippen molar-refractivity contribution in [3.63, 3.8) is 0 Å². The number of aliphatic hydroxyl groups excluding tert-OH is 1. The number of hydrogen-bond donors (Lipinski definition) is 2. The predicted molar refractivity (Wildman–Crippen MR) is 77.8 cm³/mol. The first-order valence-electron chi connectivity index (χ1n) is 5.67. The second kappa shape index (κ2) is 5.74. The van der Waals surface area contributed by atoms with Crippen LogP contribution in [-0.4, -0.2) is 32.4 Å². The van der Waals surface area contributed by atoms with Crippen LogP contribution in [0, 0.1) is 5.41 Å². The second-order valence-corrected chi connectivity index (χ2v) is 6.15. The molecule has 0 unspecified atom stereocenters. The molecule has 0 radical (unpaired) electrons. The van der Waals surface area contributed by atoms with Gasteiger partial charge in [-0.3, -0.25) is 0 Å². The van der Waals surface area contributed by atoms with Crippen LogP contribution in [0.5, 0.6) is 0 Å². The summed E-state index contributed by atoms with van der Waals surface area (Å²) in [6.07, 6.45) is 0. The molecule has 0 heterocycles. The molecule has 0 bridgehead atoms. The lowest BCUT2D eigenvalue weighted by Crippen LogP contribution is -2.27. The second-order valence-electron chi connectivity index (χ2n) is 5.23. The number of rotatable bonds is 5. The number of benzene rings is 1. The highest BCUT2D eigenvalue weighted by Crippen LogP contribution is 2.29. The molecule has 0 spiro atoms. The predicted octanol–water partition coefficient (Wildman–Crippen LogP) is 2.95. The Bertz CT molecular complexity index is 378. The Morgan fingerprint density at radius 3 is 2.53 bits per heavy atom. The molecular formula is C13H21BrN2O. The van der Waals surface area contributed by atoms with Gasteiger partial charge in [0.25, 0.3) is 0 Å². The topological polar surface area (TPSA) is 35.5 Å². The Balaban J connectivity index is 2.85. The zero-order valence-corrected chi connectivity index (χ0v) is 12.5. The fraction of sp³-hybridized carbons (Fsp3) is 0.538. The van der Waals surface area contributed by atoms with E-state index in [4.69, 9.17) is 0 Å². The molecule has 0 fully saturated rings. The Hall–Kier alpha value is -0.740. The van der Waals surface area contributed by atoms with Crippen LogP contribution in [0.4, 0.5) is 11.4 Å². The lowest BCUT2D eigenvalue weighted by atomic mass is 9.95. The summed E-state index contributed by atoms with van der Waals surface area (Å²) in [7, 11) is 4.04. The molecule has 1 rings (SSSR count). The molecule has 0 aliphatic carbocycles. The van der Waals surface area contributed by atoms with Crippen LogP contribution in [0.15, 0.2) is 22.7 Å². The molecule has 0 aliphatic rings. The highest BCUT2D eigenvalue weighted by molar-refractivity contribution is 9.10. The minimum Gasteiger partial charge on any atom is -0.396 e. The summed E-state index contributed by atoms with van der Waals surface area (Å²) in [6.45, 7) is 4.98. The fourth-order valence-corrected chi connectivity index (χ4v) is 1.79. The van der Waals surface area contributed by atoms with Crippen LogP contribution >= 0.6 is 15.9 Å². The fourth-order valence-electron chi connectivity index (χ4n) is 1.43. The average Bonchev–Trinajstić information content (AvgIpc) is 2.26. The number of nitrogens with one attached hydrogen (secondary N) is 1. The highest BCUT2D eigenvalue weighted by atomic mass is 79.9. The van der Waals surface area contributed by atoms with Gasteiger partial charge in [-0.2, -0.15) is 0 Å². The van der Waals surface area contributed by atoms with Crippen molar-refractivity contribution in [2.45, 2.75) is 13.8 Å². The molecule has 2 N–H and O–H groups in total. The van der Waals surface area contributed by atoms with Gasteiger partial charge < -0.3 is 15.3 Å². The van der Waals surface area contributed by atoms with Crippen LogP contribution < -0.4 is 10.2 Å². The van der Waals surface area contributed by atoms with Gasteiger partial charge in [-0.1, -0.05) is 29.8 Å². The summed E-state index contributed by atoms with van der Waals surface area (Å²) in [5, 5.41) is 12.6. The van der Waals surface area contributed by atoms with E-state index in [1.807, 2.05) is 34.0 Å². The lowest BCUT2D eigenvalue weighted by Gasteiger charge is -2.25. The van der Waals surface area contributed by atoms with Crippen molar-refractivity contribution in [3.8, 4) is 0 Å². The summed E-state index contributed by atoms with van der Waals surface area (Å²) < 4.78 is 1.05. The van der Waals surface area contributed by atoms with E-state index >= 15 is 0 Å². The quantitative estimate of drug-likeness (QED) is 0.878. The molecule has 0 saturated heterocycles. The molecule has 0 saturated carbocycles. The largest absolute Gasteiger partial charge is 0.396 e. The molecule has 1 aromatic carbocycles. The zero-order valence-electron chi connectivity index (χ0n) is 10.9. The third-order valence-electron chi connectivity index (χ3n) is 2.63. The molecule has 4 heteroatoms. The summed E-state index contributed by atoms with van der Waals surface area (Å²) >= 11 is 3.48. The van der Waals surface area contributed by atoms with Gasteiger partial charge >= 0.3 is 0 Å². The Kier molecular flexibility index (Phi) is 4.83. The minimum atomic E-state index is -0.119. The average molecular weight is 301 g/mol. The van der Waals surface area contributed by atoms with E-state index in [2.05, 4.69) is 38.3 Å². The monoisotopic (exact) mass is 300 g/mol. The maximum atomic E-state index is 9.25. The van der Waals surface area contributed by atoms with E-state index in [9.17, 15) is 5.11 Å². The lowest BCUT2D eigenvalue weighted by molar-refractivity contribution is 0.171. The molecule has 1 aromatic rings. The van der Waals surface area contributed by atoms with Crippen molar-refractivity contribution in [2.24, 2.45) is 5.41 Å². The third-order valence-corrected chi connectivity index (χ3v) is 3.12. The number of aliphatic hydroxyl groups is 1. The maximum Gasteiger partial charge on any atom is 0.0597 e. The smallest absolute Gasteiger partial charge is 0.0597 e. The summed E-state index contributed by atoms with van der Waals surface area (Å²) in [4.78, 5) is 2.07. The molecule has 0 amide bonds. The van der Waals surface area contributed by atoms with Crippen LogP contribution in [0.2, 0.25) is 0 Å². The zero-order chi connectivity index (χ0) is 13.1. The minimum absolute atomic E-state index is 0.119. The van der Waals surface area contributed by atoms with Gasteiger partial charge in [0.05, 0.1) is 11.4 Å². The van der Waals surface area contributed by atoms with Crippen molar-refractivity contribution in [3.05, 3.63) is 22.7 Å². The van der Waals surface area contributed by atoms with Crippen LogP contribution in [0.3, 0.4) is 0 Å². The van der Waals surface area contributed by atoms with Gasteiger partial charge in [-0.15, -0.1) is 0 Å². The van der Waals surface area contributed by atoms with Gasteiger partial charge in [-0.25, -0.2) is 0 Å². The summed E-state index contributed by atoms with van der Waals surface area (Å²) in [5.41, 5.74) is 2.10. The molecule has 3 nitrogen and oxygen atoms in total. The normalized spacial score (nSPS) is 11.4. The number of anilines is 2. The summed E-state index contributed by atoms with van der Waals surface area (Å²) in [5.74, 6) is 0. The third kappa shape index (κ3) is 4.21. The first-order chi connectivity index (χ1) is 7.85. The molecular weight excluding hydrogens is 280 g/mol. The van der Waals surface area contributed by atoms with Gasteiger partial charge in [0.15, 0.2) is 0 Å². The number of hydrogen-bond acceptors (Lipinski definition) is 3. The van der Waals surface area contributed by atoms with E-state index < -0.39 is 0 Å². The van der Waals surface area contributed by atoms with Crippen LogP contribution in [0.25, 0.3) is 0 Å². The Labute approximate surface area is 112 Å². The van der Waals surface area contributed by atoms with E-state index in [0.29, 0.717) is 0 Å². The molecule has 0 aromatic heterocycles. The maximum absolute atomic E-state index is 9.25. The van der Waals surface area contributed by atoms with Crippen molar-refractivity contribution in [1.82, 2.24) is 0 Å². The molecule has 0 aliphatic heterocycles. The molecule has 17 heavy (non-hydrogen) atoms. The number of halogens is 1. The first-order valence-corrected chi connectivity index (χ1v) is 6.46. The van der Waals surface area contributed by atoms with Crippen molar-refractivity contribution >= 4 is 27.3 Å². The Morgan fingerprint density at radius 1 is 1.35 bits per heavy atom. The van der Waals surface area contributed by atoms with E-state index in [0.717, 1.165) is 22.4 Å².